The molecule has 0 saturated heterocycles. The van der Waals surface area contributed by atoms with Crippen molar-refractivity contribution in [1.82, 2.24) is 20.7 Å². The predicted octanol–water partition coefficient (Wildman–Crippen LogP) is 1.25. The number of hydrogen-bond acceptors (Lipinski definition) is 3. The van der Waals surface area contributed by atoms with Crippen molar-refractivity contribution in [3.8, 4) is 0 Å². The summed E-state index contributed by atoms with van der Waals surface area (Å²) < 4.78 is 35.7. The van der Waals surface area contributed by atoms with E-state index in [0.717, 1.165) is 0 Å². The maximum absolute atomic E-state index is 11.9. The number of aromatic amines is 1. The third kappa shape index (κ3) is 2.71. The molecule has 17 heavy (non-hydrogen) atoms. The quantitative estimate of drug-likeness (QED) is 0.835. The van der Waals surface area contributed by atoms with Crippen molar-refractivity contribution in [2.45, 2.75) is 6.18 Å². The Morgan fingerprint density at radius 2 is 2.00 bits per heavy atom. The van der Waals surface area contributed by atoms with Gasteiger partial charge in [0, 0.05) is 5.56 Å². The van der Waals surface area contributed by atoms with Gasteiger partial charge in [0.25, 0.3) is 5.91 Å². The van der Waals surface area contributed by atoms with Crippen LogP contribution in [0.5, 0.6) is 0 Å². The first-order chi connectivity index (χ1) is 7.96. The molecule has 0 aliphatic heterocycles. The van der Waals surface area contributed by atoms with Gasteiger partial charge in [-0.2, -0.15) is 28.6 Å². The van der Waals surface area contributed by atoms with Gasteiger partial charge in [-0.3, -0.25) is 4.79 Å². The molecule has 1 aromatic carbocycles. The zero-order valence-electron chi connectivity index (χ0n) is 8.38. The van der Waals surface area contributed by atoms with Gasteiger partial charge in [0.1, 0.15) is 17.6 Å². The third-order valence-corrected chi connectivity index (χ3v) is 2.03. The highest BCUT2D eigenvalue weighted by molar-refractivity contribution is 5.97. The van der Waals surface area contributed by atoms with Gasteiger partial charge in [-0.1, -0.05) is 0 Å². The third-order valence-electron chi connectivity index (χ3n) is 2.03. The van der Waals surface area contributed by atoms with Crippen LogP contribution in [-0.2, 0) is 0 Å². The van der Waals surface area contributed by atoms with E-state index in [9.17, 15) is 18.0 Å². The zero-order chi connectivity index (χ0) is 12.5. The first-order valence-electron chi connectivity index (χ1n) is 4.61. The molecule has 0 radical (unpaired) electrons. The first kappa shape index (κ1) is 11.4. The number of hydrogen-bond donors (Lipinski definition) is 2. The topological polar surface area (TPSA) is 70.7 Å². The number of H-pyrrole nitrogens is 1. The van der Waals surface area contributed by atoms with Crippen LogP contribution in [0.3, 0.4) is 0 Å². The van der Waals surface area contributed by atoms with Gasteiger partial charge >= 0.3 is 6.18 Å². The van der Waals surface area contributed by atoms with E-state index < -0.39 is 18.6 Å². The monoisotopic (exact) mass is 244 g/mol. The number of aromatic nitrogens is 3. The molecule has 90 valence electrons. The summed E-state index contributed by atoms with van der Waals surface area (Å²) in [7, 11) is 0. The fraction of sp³-hybridized carbons (Fsp3) is 0.222. The first-order valence-corrected chi connectivity index (χ1v) is 4.61. The van der Waals surface area contributed by atoms with Crippen molar-refractivity contribution in [3.63, 3.8) is 0 Å². The number of alkyl halides is 3. The second-order valence-electron chi connectivity index (χ2n) is 3.32. The summed E-state index contributed by atoms with van der Waals surface area (Å²) in [4.78, 5) is 11.4. The fourth-order valence-electron chi connectivity index (χ4n) is 1.26. The number of nitrogens with one attached hydrogen (secondary N) is 2. The van der Waals surface area contributed by atoms with Crippen LogP contribution in [0.4, 0.5) is 13.2 Å². The molecule has 2 N–H and O–H groups in total. The molecule has 1 heterocycles. The zero-order valence-corrected chi connectivity index (χ0v) is 8.38. The van der Waals surface area contributed by atoms with Crippen molar-refractivity contribution in [1.29, 1.82) is 0 Å². The fourth-order valence-corrected chi connectivity index (χ4v) is 1.26. The van der Waals surface area contributed by atoms with Crippen molar-refractivity contribution in [2.75, 3.05) is 6.54 Å². The molecule has 2 aromatic rings. The van der Waals surface area contributed by atoms with Gasteiger partial charge < -0.3 is 5.32 Å². The highest BCUT2D eigenvalue weighted by Crippen LogP contribution is 2.14. The molecule has 0 fully saturated rings. The lowest BCUT2D eigenvalue weighted by Gasteiger charge is -2.07. The Hall–Kier alpha value is -2.12. The highest BCUT2D eigenvalue weighted by Gasteiger charge is 2.27. The van der Waals surface area contributed by atoms with Gasteiger partial charge in [0.2, 0.25) is 0 Å². The van der Waals surface area contributed by atoms with Crippen molar-refractivity contribution in [2.24, 2.45) is 0 Å². The van der Waals surface area contributed by atoms with Crippen LogP contribution in [0.15, 0.2) is 18.2 Å². The van der Waals surface area contributed by atoms with Crippen molar-refractivity contribution >= 4 is 16.9 Å². The van der Waals surface area contributed by atoms with Crippen molar-refractivity contribution < 1.29 is 18.0 Å². The minimum atomic E-state index is -4.42. The lowest BCUT2D eigenvalue weighted by atomic mass is 10.2. The van der Waals surface area contributed by atoms with Gasteiger partial charge in [0.05, 0.1) is 0 Å². The Morgan fingerprint density at radius 3 is 2.71 bits per heavy atom. The van der Waals surface area contributed by atoms with E-state index in [-0.39, 0.29) is 5.56 Å². The number of carbonyl (C=O) groups excluding carboxylic acids is 1. The smallest absolute Gasteiger partial charge is 0.343 e. The Bertz CT molecular complexity index is 548. The predicted molar refractivity (Wildman–Crippen MR) is 52.3 cm³/mol. The van der Waals surface area contributed by atoms with E-state index in [4.69, 9.17) is 0 Å². The molecule has 0 atom stereocenters. The van der Waals surface area contributed by atoms with E-state index in [1.807, 2.05) is 0 Å². The van der Waals surface area contributed by atoms with Gasteiger partial charge in [-0.05, 0) is 18.2 Å². The summed E-state index contributed by atoms with van der Waals surface area (Å²) in [5.41, 5.74) is 1.07. The van der Waals surface area contributed by atoms with Crippen LogP contribution < -0.4 is 5.32 Å². The molecule has 0 unspecified atom stereocenters. The summed E-state index contributed by atoms with van der Waals surface area (Å²) in [6.07, 6.45) is -4.42. The summed E-state index contributed by atoms with van der Waals surface area (Å²) in [6.45, 7) is -1.36. The second-order valence-corrected chi connectivity index (χ2v) is 3.32. The largest absolute Gasteiger partial charge is 0.405 e. The summed E-state index contributed by atoms with van der Waals surface area (Å²) >= 11 is 0. The number of halogens is 3. The van der Waals surface area contributed by atoms with Crippen molar-refractivity contribution in [3.05, 3.63) is 23.8 Å². The molecule has 8 heteroatoms. The molecule has 2 rings (SSSR count). The van der Waals surface area contributed by atoms with E-state index >= 15 is 0 Å². The van der Waals surface area contributed by atoms with Crippen LogP contribution >= 0.6 is 0 Å². The molecule has 1 aromatic heterocycles. The molecule has 0 aliphatic rings. The second kappa shape index (κ2) is 4.04. The van der Waals surface area contributed by atoms with E-state index in [0.29, 0.717) is 11.0 Å². The molecule has 0 aliphatic carbocycles. The van der Waals surface area contributed by atoms with Crippen LogP contribution in [0, 0.1) is 0 Å². The minimum Gasteiger partial charge on any atom is -0.343 e. The van der Waals surface area contributed by atoms with E-state index in [2.05, 4.69) is 15.4 Å². The molecular formula is C9H7F3N4O. The molecular weight excluding hydrogens is 237 g/mol. The minimum absolute atomic E-state index is 0.107. The normalized spacial score (nSPS) is 11.7. The van der Waals surface area contributed by atoms with Crippen LogP contribution in [-0.4, -0.2) is 34.0 Å². The lowest BCUT2D eigenvalue weighted by molar-refractivity contribution is -0.123. The molecule has 0 spiro atoms. The van der Waals surface area contributed by atoms with Gasteiger partial charge in [-0.15, -0.1) is 0 Å². The lowest BCUT2D eigenvalue weighted by Crippen LogP contribution is -2.33. The summed E-state index contributed by atoms with van der Waals surface area (Å²) in [6, 6.07) is 4.25. The number of nitrogens with zero attached hydrogens (tertiary/aromatic N) is 2. The maximum atomic E-state index is 11.9. The van der Waals surface area contributed by atoms with E-state index in [1.165, 1.54) is 18.2 Å². The van der Waals surface area contributed by atoms with Crippen LogP contribution in [0.2, 0.25) is 0 Å². The summed E-state index contributed by atoms with van der Waals surface area (Å²) in [5, 5.41) is 11.6. The Labute approximate surface area is 93.0 Å². The molecule has 0 saturated carbocycles. The molecule has 1 amide bonds. The van der Waals surface area contributed by atoms with Crippen LogP contribution in [0.25, 0.3) is 11.0 Å². The number of carbonyl (C=O) groups is 1. The van der Waals surface area contributed by atoms with Gasteiger partial charge in [-0.25, -0.2) is 0 Å². The number of amides is 1. The number of rotatable bonds is 2. The SMILES string of the molecule is O=C(NCC(F)(F)F)c1ccc2n[nH]nc2c1. The van der Waals surface area contributed by atoms with Gasteiger partial charge in [0.15, 0.2) is 0 Å². The summed E-state index contributed by atoms with van der Waals surface area (Å²) in [5.74, 6) is -0.799. The average molecular weight is 244 g/mol. The average Bonchev–Trinajstić information content (AvgIpc) is 2.71. The number of benzene rings is 1. The standard InChI is InChI=1S/C9H7F3N4O/c10-9(11,12)4-13-8(17)5-1-2-6-7(3-5)15-16-14-6/h1-3H,4H2,(H,13,17)(H,14,15,16). The Kier molecular flexibility index (Phi) is 2.70. The molecule has 5 nitrogen and oxygen atoms in total. The highest BCUT2D eigenvalue weighted by atomic mass is 19.4. The molecule has 0 bridgehead atoms. The van der Waals surface area contributed by atoms with Crippen LogP contribution in [0.1, 0.15) is 10.4 Å². The Morgan fingerprint density at radius 1 is 1.29 bits per heavy atom. The maximum Gasteiger partial charge on any atom is 0.405 e. The Balaban J connectivity index is 2.13. The van der Waals surface area contributed by atoms with E-state index in [1.54, 1.807) is 5.32 Å². The number of fused-ring (bicyclic) bond motifs is 1.